The molecule has 90 valence electrons. The van der Waals surface area contributed by atoms with Gasteiger partial charge in [0.2, 0.25) is 0 Å². The van der Waals surface area contributed by atoms with Gasteiger partial charge in [-0.1, -0.05) is 49.4 Å². The molecule has 1 aromatic heterocycles. The van der Waals surface area contributed by atoms with Crippen LogP contribution in [0.3, 0.4) is 0 Å². The topological polar surface area (TPSA) is 28.7 Å². The Bertz CT molecular complexity index is 607. The van der Waals surface area contributed by atoms with Gasteiger partial charge in [-0.05, 0) is 24.1 Å². The maximum atomic E-state index is 4.70. The molecule has 2 aromatic carbocycles. The first-order valence-electron chi connectivity index (χ1n) is 6.38. The average molecular weight is 236 g/mol. The highest BCUT2D eigenvalue weighted by molar-refractivity contribution is 5.75. The van der Waals surface area contributed by atoms with Crippen molar-refractivity contribution in [3.05, 3.63) is 66.0 Å². The third-order valence-electron chi connectivity index (χ3n) is 3.35. The van der Waals surface area contributed by atoms with Crippen molar-refractivity contribution in [1.29, 1.82) is 0 Å². The highest BCUT2D eigenvalue weighted by atomic mass is 14.9. The van der Waals surface area contributed by atoms with Crippen LogP contribution >= 0.6 is 0 Å². The molecular weight excluding hydrogens is 220 g/mol. The van der Waals surface area contributed by atoms with Crippen LogP contribution in [0.25, 0.3) is 11.0 Å². The monoisotopic (exact) mass is 236 g/mol. The van der Waals surface area contributed by atoms with Gasteiger partial charge in [0, 0.05) is 5.92 Å². The number of H-pyrrole nitrogens is 1. The van der Waals surface area contributed by atoms with Crippen molar-refractivity contribution in [2.24, 2.45) is 0 Å². The van der Waals surface area contributed by atoms with Gasteiger partial charge in [-0.3, -0.25) is 0 Å². The van der Waals surface area contributed by atoms with Gasteiger partial charge in [-0.2, -0.15) is 0 Å². The number of nitrogens with zero attached hydrogens (tertiary/aromatic N) is 1. The SMILES string of the molecule is CCC(c1ccccc1)c1nc2ccccc2[nH]1. The zero-order valence-electron chi connectivity index (χ0n) is 10.4. The van der Waals surface area contributed by atoms with Crippen LogP contribution in [0.5, 0.6) is 0 Å². The second kappa shape index (κ2) is 4.65. The molecule has 0 aliphatic heterocycles. The first kappa shape index (κ1) is 11.0. The predicted molar refractivity (Wildman–Crippen MR) is 74.7 cm³/mol. The van der Waals surface area contributed by atoms with Gasteiger partial charge in [0.1, 0.15) is 5.82 Å². The summed E-state index contributed by atoms with van der Waals surface area (Å²) in [7, 11) is 0. The molecule has 18 heavy (non-hydrogen) atoms. The lowest BCUT2D eigenvalue weighted by Gasteiger charge is -2.12. The molecule has 0 radical (unpaired) electrons. The van der Waals surface area contributed by atoms with Crippen LogP contribution < -0.4 is 0 Å². The summed E-state index contributed by atoms with van der Waals surface area (Å²) in [6.07, 6.45) is 1.05. The minimum atomic E-state index is 0.346. The number of hydrogen-bond donors (Lipinski definition) is 1. The van der Waals surface area contributed by atoms with Gasteiger partial charge in [0.05, 0.1) is 11.0 Å². The van der Waals surface area contributed by atoms with E-state index in [0.29, 0.717) is 5.92 Å². The summed E-state index contributed by atoms with van der Waals surface area (Å²) in [6.45, 7) is 2.20. The van der Waals surface area contributed by atoms with E-state index >= 15 is 0 Å². The van der Waals surface area contributed by atoms with Gasteiger partial charge in [-0.25, -0.2) is 4.98 Å². The van der Waals surface area contributed by atoms with Crippen LogP contribution in [-0.4, -0.2) is 9.97 Å². The average Bonchev–Trinajstić information content (AvgIpc) is 2.84. The number of imidazole rings is 1. The number of aromatic nitrogens is 2. The lowest BCUT2D eigenvalue weighted by molar-refractivity contribution is 0.732. The fraction of sp³-hybridized carbons (Fsp3) is 0.188. The molecule has 1 atom stereocenters. The van der Waals surface area contributed by atoms with Crippen molar-refractivity contribution >= 4 is 11.0 Å². The molecule has 0 saturated heterocycles. The molecule has 3 rings (SSSR count). The molecule has 1 heterocycles. The van der Waals surface area contributed by atoms with Gasteiger partial charge >= 0.3 is 0 Å². The molecule has 3 aromatic rings. The highest BCUT2D eigenvalue weighted by Gasteiger charge is 2.15. The van der Waals surface area contributed by atoms with E-state index in [-0.39, 0.29) is 0 Å². The minimum absolute atomic E-state index is 0.346. The molecule has 0 bridgehead atoms. The van der Waals surface area contributed by atoms with Gasteiger partial charge < -0.3 is 4.98 Å². The van der Waals surface area contributed by atoms with Crippen molar-refractivity contribution in [3.63, 3.8) is 0 Å². The van der Waals surface area contributed by atoms with E-state index in [2.05, 4.69) is 48.3 Å². The summed E-state index contributed by atoms with van der Waals surface area (Å²) in [5, 5.41) is 0. The van der Waals surface area contributed by atoms with Crippen molar-refractivity contribution in [3.8, 4) is 0 Å². The van der Waals surface area contributed by atoms with Gasteiger partial charge in [0.15, 0.2) is 0 Å². The molecule has 0 aliphatic carbocycles. The second-order valence-electron chi connectivity index (χ2n) is 4.51. The number of para-hydroxylation sites is 2. The van der Waals surface area contributed by atoms with Crippen LogP contribution in [0, 0.1) is 0 Å². The fourth-order valence-corrected chi connectivity index (χ4v) is 2.41. The molecule has 0 fully saturated rings. The normalized spacial score (nSPS) is 12.7. The quantitative estimate of drug-likeness (QED) is 0.728. The van der Waals surface area contributed by atoms with Crippen molar-refractivity contribution in [2.75, 3.05) is 0 Å². The Morgan fingerprint density at radius 2 is 1.72 bits per heavy atom. The zero-order chi connectivity index (χ0) is 12.4. The highest BCUT2D eigenvalue weighted by Crippen LogP contribution is 2.27. The molecule has 1 N–H and O–H groups in total. The van der Waals surface area contributed by atoms with Crippen molar-refractivity contribution in [2.45, 2.75) is 19.3 Å². The van der Waals surface area contributed by atoms with Crippen LogP contribution in [0.2, 0.25) is 0 Å². The molecule has 0 amide bonds. The summed E-state index contributed by atoms with van der Waals surface area (Å²) >= 11 is 0. The predicted octanol–water partition coefficient (Wildman–Crippen LogP) is 4.10. The van der Waals surface area contributed by atoms with E-state index in [1.807, 2.05) is 18.2 Å². The number of nitrogens with one attached hydrogen (secondary N) is 1. The Morgan fingerprint density at radius 3 is 2.44 bits per heavy atom. The van der Waals surface area contributed by atoms with Gasteiger partial charge in [-0.15, -0.1) is 0 Å². The van der Waals surface area contributed by atoms with Crippen molar-refractivity contribution < 1.29 is 0 Å². The third-order valence-corrected chi connectivity index (χ3v) is 3.35. The summed E-state index contributed by atoms with van der Waals surface area (Å²) in [6, 6.07) is 18.7. The molecule has 0 spiro atoms. The Labute approximate surface area is 107 Å². The zero-order valence-corrected chi connectivity index (χ0v) is 10.4. The molecule has 2 nitrogen and oxygen atoms in total. The smallest absolute Gasteiger partial charge is 0.114 e. The Hall–Kier alpha value is -2.09. The number of hydrogen-bond acceptors (Lipinski definition) is 1. The number of benzene rings is 2. The first-order chi connectivity index (χ1) is 8.88. The Kier molecular flexibility index (Phi) is 2.85. The Balaban J connectivity index is 2.06. The lowest BCUT2D eigenvalue weighted by atomic mass is 9.96. The van der Waals surface area contributed by atoms with E-state index in [0.717, 1.165) is 23.3 Å². The molecule has 2 heteroatoms. The Morgan fingerprint density at radius 1 is 1.00 bits per heavy atom. The second-order valence-corrected chi connectivity index (χ2v) is 4.51. The standard InChI is InChI=1S/C16H16N2/c1-2-13(12-8-4-3-5-9-12)16-17-14-10-6-7-11-15(14)18-16/h3-11,13H,2H2,1H3,(H,17,18). The first-order valence-corrected chi connectivity index (χ1v) is 6.38. The summed E-state index contributed by atoms with van der Waals surface area (Å²) in [4.78, 5) is 8.14. The van der Waals surface area contributed by atoms with E-state index in [9.17, 15) is 0 Å². The number of aromatic amines is 1. The van der Waals surface area contributed by atoms with E-state index in [1.54, 1.807) is 0 Å². The van der Waals surface area contributed by atoms with E-state index < -0.39 is 0 Å². The molecule has 0 aliphatic rings. The lowest BCUT2D eigenvalue weighted by Crippen LogP contribution is -2.01. The van der Waals surface area contributed by atoms with E-state index in [1.165, 1.54) is 5.56 Å². The van der Waals surface area contributed by atoms with Crippen LogP contribution in [0.15, 0.2) is 54.6 Å². The molecular formula is C16H16N2. The largest absolute Gasteiger partial charge is 0.341 e. The number of rotatable bonds is 3. The maximum absolute atomic E-state index is 4.70. The number of fused-ring (bicyclic) bond motifs is 1. The van der Waals surface area contributed by atoms with Crippen LogP contribution in [-0.2, 0) is 0 Å². The summed E-state index contributed by atoms with van der Waals surface area (Å²) in [5.41, 5.74) is 3.47. The summed E-state index contributed by atoms with van der Waals surface area (Å²) in [5.74, 6) is 1.41. The molecule has 1 unspecified atom stereocenters. The minimum Gasteiger partial charge on any atom is -0.341 e. The third kappa shape index (κ3) is 1.90. The van der Waals surface area contributed by atoms with Crippen LogP contribution in [0.1, 0.15) is 30.7 Å². The summed E-state index contributed by atoms with van der Waals surface area (Å²) < 4.78 is 0. The van der Waals surface area contributed by atoms with Gasteiger partial charge in [0.25, 0.3) is 0 Å². The van der Waals surface area contributed by atoms with Crippen molar-refractivity contribution in [1.82, 2.24) is 9.97 Å². The molecule has 0 saturated carbocycles. The fourth-order valence-electron chi connectivity index (χ4n) is 2.41. The van der Waals surface area contributed by atoms with Crippen LogP contribution in [0.4, 0.5) is 0 Å². The maximum Gasteiger partial charge on any atom is 0.114 e. The van der Waals surface area contributed by atoms with E-state index in [4.69, 9.17) is 4.98 Å².